The third-order valence-corrected chi connectivity index (χ3v) is 12.8. The predicted molar refractivity (Wildman–Crippen MR) is 244 cm³/mol. The summed E-state index contributed by atoms with van der Waals surface area (Å²) < 4.78 is 8.85. The monoisotopic (exact) mass is 759 g/mol. The molecule has 1 aliphatic heterocycles. The molecular formula is C53H33N3OS. The first-order valence-electron chi connectivity index (χ1n) is 19.7. The Balaban J connectivity index is 0.943. The van der Waals surface area contributed by atoms with Gasteiger partial charge in [-0.3, -0.25) is 4.99 Å². The van der Waals surface area contributed by atoms with Gasteiger partial charge in [0, 0.05) is 64.7 Å². The van der Waals surface area contributed by atoms with Crippen molar-refractivity contribution < 1.29 is 4.42 Å². The van der Waals surface area contributed by atoms with E-state index in [4.69, 9.17) is 19.4 Å². The average Bonchev–Trinajstić information content (AvgIpc) is 3.87. The van der Waals surface area contributed by atoms with Gasteiger partial charge < -0.3 is 4.42 Å². The number of hydrogen-bond donors (Lipinski definition) is 0. The van der Waals surface area contributed by atoms with Crippen LogP contribution in [0.4, 0.5) is 0 Å². The number of aliphatic imine (C=N–C) groups is 2. The highest BCUT2D eigenvalue weighted by molar-refractivity contribution is 7.26. The Bertz CT molecular complexity index is 3470. The van der Waals surface area contributed by atoms with Gasteiger partial charge in [0.15, 0.2) is 5.84 Å². The maximum Gasteiger partial charge on any atom is 0.155 e. The fourth-order valence-electron chi connectivity index (χ4n) is 8.79. The Kier molecular flexibility index (Phi) is 7.50. The molecule has 12 rings (SSSR count). The Labute approximate surface area is 338 Å². The van der Waals surface area contributed by atoms with Crippen LogP contribution in [0.5, 0.6) is 0 Å². The highest BCUT2D eigenvalue weighted by Crippen LogP contribution is 2.44. The van der Waals surface area contributed by atoms with Gasteiger partial charge >= 0.3 is 0 Å². The lowest BCUT2D eigenvalue weighted by Gasteiger charge is -2.21. The van der Waals surface area contributed by atoms with E-state index in [2.05, 4.69) is 152 Å². The third-order valence-electron chi connectivity index (χ3n) is 11.6. The number of nitrogens with zero attached hydrogens (tertiary/aromatic N) is 3. The van der Waals surface area contributed by atoms with Crippen LogP contribution in [0.1, 0.15) is 29.2 Å². The van der Waals surface area contributed by atoms with Gasteiger partial charge in [-0.1, -0.05) is 146 Å². The molecule has 0 radical (unpaired) electrons. The van der Waals surface area contributed by atoms with Gasteiger partial charge in [0.05, 0.1) is 23.0 Å². The van der Waals surface area contributed by atoms with Crippen LogP contribution >= 0.6 is 11.3 Å². The van der Waals surface area contributed by atoms with Crippen molar-refractivity contribution in [3.05, 3.63) is 199 Å². The van der Waals surface area contributed by atoms with E-state index in [0.717, 1.165) is 67.0 Å². The minimum atomic E-state index is -0.0993. The number of aromatic nitrogens is 1. The van der Waals surface area contributed by atoms with Gasteiger partial charge in [-0.15, -0.1) is 11.3 Å². The van der Waals surface area contributed by atoms with Crippen LogP contribution in [0.25, 0.3) is 86.2 Å². The van der Waals surface area contributed by atoms with E-state index in [1.54, 1.807) is 0 Å². The maximum atomic E-state index is 6.29. The lowest BCUT2D eigenvalue weighted by atomic mass is 9.93. The highest BCUT2D eigenvalue weighted by atomic mass is 32.1. The lowest BCUT2D eigenvalue weighted by Crippen LogP contribution is -2.17. The number of benzene rings is 8. The molecular weight excluding hydrogens is 727 g/mol. The molecule has 1 aliphatic rings. The van der Waals surface area contributed by atoms with Crippen molar-refractivity contribution in [2.75, 3.05) is 0 Å². The predicted octanol–water partition coefficient (Wildman–Crippen LogP) is 14.4. The molecule has 5 heteroatoms. The molecule has 0 saturated heterocycles. The number of fused-ring (bicyclic) bond motifs is 10. The summed E-state index contributed by atoms with van der Waals surface area (Å²) in [6, 6.07) is 64.4. The van der Waals surface area contributed by atoms with Crippen LogP contribution in [-0.4, -0.2) is 16.5 Å². The van der Waals surface area contributed by atoms with Crippen molar-refractivity contribution in [1.82, 2.24) is 4.98 Å². The van der Waals surface area contributed by atoms with E-state index in [1.165, 1.54) is 47.5 Å². The Morgan fingerprint density at radius 2 is 1.14 bits per heavy atom. The molecule has 11 aromatic rings. The molecule has 0 aliphatic carbocycles. The van der Waals surface area contributed by atoms with Gasteiger partial charge in [-0.25, -0.2) is 9.98 Å². The van der Waals surface area contributed by atoms with E-state index in [1.807, 2.05) is 41.7 Å². The van der Waals surface area contributed by atoms with Crippen LogP contribution in [0.2, 0.25) is 0 Å². The number of thiophene rings is 1. The summed E-state index contributed by atoms with van der Waals surface area (Å²) >= 11 is 1.86. The molecule has 58 heavy (non-hydrogen) atoms. The summed E-state index contributed by atoms with van der Waals surface area (Å²) in [6.45, 7) is 0. The zero-order chi connectivity index (χ0) is 38.2. The number of amidine groups is 1. The van der Waals surface area contributed by atoms with Gasteiger partial charge in [0.1, 0.15) is 11.2 Å². The van der Waals surface area contributed by atoms with Crippen molar-refractivity contribution in [3.8, 4) is 22.4 Å². The molecule has 4 heterocycles. The second-order valence-electron chi connectivity index (χ2n) is 15.0. The van der Waals surface area contributed by atoms with Crippen LogP contribution in [-0.2, 0) is 0 Å². The third kappa shape index (κ3) is 5.39. The molecule has 0 N–H and O–H groups in total. The van der Waals surface area contributed by atoms with Crippen molar-refractivity contribution in [2.24, 2.45) is 9.98 Å². The topological polar surface area (TPSA) is 50.8 Å². The zero-order valence-corrected chi connectivity index (χ0v) is 32.1. The zero-order valence-electron chi connectivity index (χ0n) is 31.3. The van der Waals surface area contributed by atoms with Crippen LogP contribution in [0, 0.1) is 0 Å². The van der Waals surface area contributed by atoms with E-state index in [9.17, 15) is 0 Å². The van der Waals surface area contributed by atoms with Gasteiger partial charge in [-0.2, -0.15) is 0 Å². The second kappa shape index (κ2) is 13.2. The van der Waals surface area contributed by atoms with E-state index < -0.39 is 0 Å². The fourth-order valence-corrected chi connectivity index (χ4v) is 9.88. The maximum absolute atomic E-state index is 6.29. The van der Waals surface area contributed by atoms with Crippen molar-refractivity contribution in [1.29, 1.82) is 0 Å². The number of furan rings is 1. The number of para-hydroxylation sites is 2. The van der Waals surface area contributed by atoms with E-state index in [-0.39, 0.29) is 6.04 Å². The summed E-state index contributed by atoms with van der Waals surface area (Å²) in [4.78, 5) is 15.6. The Morgan fingerprint density at radius 3 is 1.98 bits per heavy atom. The minimum Gasteiger partial charge on any atom is -0.456 e. The SMILES string of the molecule is c1ccc(C2=NC(c3ccc4c(c3)oc3ccccc34)CC(c3ccc(-c4ccc5sc6ccc7c(-c8ccccc8)nc8ccccc8c7c6c5c4)cc3)=N2)cc1. The van der Waals surface area contributed by atoms with Crippen LogP contribution in [0.3, 0.4) is 0 Å². The molecule has 8 aromatic carbocycles. The normalized spacial score (nSPS) is 14.5. The number of pyridine rings is 1. The molecule has 0 amide bonds. The molecule has 4 nitrogen and oxygen atoms in total. The summed E-state index contributed by atoms with van der Waals surface area (Å²) in [5.74, 6) is 0.751. The molecule has 1 unspecified atom stereocenters. The fraction of sp³-hybridized carbons (Fsp3) is 0.0377. The van der Waals surface area contributed by atoms with Crippen LogP contribution in [0.15, 0.2) is 196 Å². The molecule has 1 atom stereocenters. The Hall–Kier alpha value is -7.21. The Morgan fingerprint density at radius 1 is 0.466 bits per heavy atom. The standard InChI is InChI=1S/C53H33N3OS/c1-3-11-34(12-4-1)52-41-26-28-49-51(50(41)40-16-7-9-17-43(40)54-52)42-29-36(24-27-48(42)58-49)32-19-21-33(22-20-32)44-31-45(56-53(55-44)35-13-5-2-6-14-35)37-23-25-39-38-15-8-10-18-46(38)57-47(39)30-37/h1-30,45H,31H2. The van der Waals surface area contributed by atoms with Crippen LogP contribution < -0.4 is 0 Å². The molecule has 0 saturated carbocycles. The van der Waals surface area contributed by atoms with Crippen molar-refractivity contribution >= 4 is 86.7 Å². The first kappa shape index (κ1) is 33.0. The minimum absolute atomic E-state index is 0.0993. The second-order valence-corrected chi connectivity index (χ2v) is 16.1. The highest BCUT2D eigenvalue weighted by Gasteiger charge is 2.24. The quantitative estimate of drug-likeness (QED) is 0.164. The van der Waals surface area contributed by atoms with Gasteiger partial charge in [0.2, 0.25) is 0 Å². The number of hydrogen-bond acceptors (Lipinski definition) is 5. The van der Waals surface area contributed by atoms with Gasteiger partial charge in [0.25, 0.3) is 0 Å². The smallest absolute Gasteiger partial charge is 0.155 e. The number of rotatable bonds is 5. The molecule has 0 fully saturated rings. The average molecular weight is 760 g/mol. The largest absolute Gasteiger partial charge is 0.456 e. The first-order chi connectivity index (χ1) is 28.7. The van der Waals surface area contributed by atoms with E-state index >= 15 is 0 Å². The summed E-state index contributed by atoms with van der Waals surface area (Å²) in [5, 5.41) is 8.44. The molecule has 0 spiro atoms. The molecule has 272 valence electrons. The molecule has 0 bridgehead atoms. The lowest BCUT2D eigenvalue weighted by molar-refractivity contribution is 0.665. The van der Waals surface area contributed by atoms with E-state index in [0.29, 0.717) is 6.42 Å². The van der Waals surface area contributed by atoms with Crippen molar-refractivity contribution in [2.45, 2.75) is 12.5 Å². The van der Waals surface area contributed by atoms with Crippen molar-refractivity contribution in [3.63, 3.8) is 0 Å². The summed E-state index contributed by atoms with van der Waals surface area (Å²) in [6.07, 6.45) is 0.690. The summed E-state index contributed by atoms with van der Waals surface area (Å²) in [5.41, 5.74) is 11.5. The summed E-state index contributed by atoms with van der Waals surface area (Å²) in [7, 11) is 0. The first-order valence-corrected chi connectivity index (χ1v) is 20.5. The molecule has 3 aromatic heterocycles. The van der Waals surface area contributed by atoms with Gasteiger partial charge in [-0.05, 0) is 58.7 Å².